The van der Waals surface area contributed by atoms with Crippen LogP contribution in [0.3, 0.4) is 0 Å². The van der Waals surface area contributed by atoms with Crippen molar-refractivity contribution in [1.29, 1.82) is 0 Å². The number of fused-ring (bicyclic) bond motifs is 3. The Morgan fingerprint density at radius 1 is 1.18 bits per heavy atom. The standard InChI is InChI=1S/C22H29N7O3S/c23-33(31,32)14-15-2-1-9-29(13-15)22(30)27-16-5-10-28(11-6-16)19-4-8-24-18-12-26-21-17(20(18)19)3-7-25-21/h3-4,7-8,12,15-16,24H,1-2,5-6,9-11,13-14H2,(H,27,30)(H2,23,31,32). The van der Waals surface area contributed by atoms with Crippen LogP contribution in [0.15, 0.2) is 30.7 Å². The van der Waals surface area contributed by atoms with Crippen molar-refractivity contribution < 1.29 is 13.2 Å². The summed E-state index contributed by atoms with van der Waals surface area (Å²) in [7, 11) is -3.53. The van der Waals surface area contributed by atoms with E-state index in [2.05, 4.69) is 31.2 Å². The monoisotopic (exact) mass is 471 g/mol. The highest BCUT2D eigenvalue weighted by atomic mass is 32.2. The molecular weight excluding hydrogens is 442 g/mol. The van der Waals surface area contributed by atoms with Gasteiger partial charge in [0.15, 0.2) is 5.65 Å². The summed E-state index contributed by atoms with van der Waals surface area (Å²) in [5.41, 5.74) is 2.87. The molecule has 0 radical (unpaired) electrons. The van der Waals surface area contributed by atoms with Crippen LogP contribution in [-0.2, 0) is 10.0 Å². The molecule has 10 nitrogen and oxygen atoms in total. The third-order valence-corrected chi connectivity index (χ3v) is 7.64. The Balaban J connectivity index is 1.22. The van der Waals surface area contributed by atoms with Gasteiger partial charge in [0.05, 0.1) is 17.5 Å². The van der Waals surface area contributed by atoms with Gasteiger partial charge in [-0.15, -0.1) is 0 Å². The van der Waals surface area contributed by atoms with Crippen LogP contribution >= 0.6 is 0 Å². The molecule has 2 amide bonds. The summed E-state index contributed by atoms with van der Waals surface area (Å²) in [6.07, 6.45) is 8.80. The number of rotatable bonds is 4. The first kappa shape index (κ1) is 21.9. The molecule has 33 heavy (non-hydrogen) atoms. The fourth-order valence-corrected chi connectivity index (χ4v) is 6.08. The highest BCUT2D eigenvalue weighted by molar-refractivity contribution is 7.89. The van der Waals surface area contributed by atoms with Crippen molar-refractivity contribution >= 4 is 43.7 Å². The Kier molecular flexibility index (Phi) is 5.83. The molecule has 5 rings (SSSR count). The number of amides is 2. The zero-order chi connectivity index (χ0) is 23.0. The van der Waals surface area contributed by atoms with E-state index in [0.717, 1.165) is 66.4 Å². The second-order valence-electron chi connectivity index (χ2n) is 9.09. The molecule has 3 aromatic heterocycles. The van der Waals surface area contributed by atoms with Gasteiger partial charge in [-0.1, -0.05) is 0 Å². The van der Waals surface area contributed by atoms with E-state index < -0.39 is 10.0 Å². The van der Waals surface area contributed by atoms with E-state index in [-0.39, 0.29) is 23.7 Å². The molecule has 1 unspecified atom stereocenters. The quantitative estimate of drug-likeness (QED) is 0.530. The predicted octanol–water partition coefficient (Wildman–Crippen LogP) is 1.79. The highest BCUT2D eigenvalue weighted by Crippen LogP contribution is 2.32. The Morgan fingerprint density at radius 2 is 2.00 bits per heavy atom. The molecular formula is C22H29N7O3S. The van der Waals surface area contributed by atoms with Crippen LogP contribution < -0.4 is 15.4 Å². The van der Waals surface area contributed by atoms with Crippen LogP contribution in [0.25, 0.3) is 21.9 Å². The lowest BCUT2D eigenvalue weighted by atomic mass is 10.00. The number of aromatic nitrogens is 3. The number of nitrogens with two attached hydrogens (primary N) is 1. The molecule has 11 heteroatoms. The van der Waals surface area contributed by atoms with E-state index in [9.17, 15) is 13.2 Å². The molecule has 2 aliphatic heterocycles. The summed E-state index contributed by atoms with van der Waals surface area (Å²) in [6.45, 7) is 2.74. The van der Waals surface area contributed by atoms with Crippen LogP contribution in [0.4, 0.5) is 10.5 Å². The Morgan fingerprint density at radius 3 is 2.79 bits per heavy atom. The number of likely N-dealkylation sites (tertiary alicyclic amines) is 1. The lowest BCUT2D eigenvalue weighted by molar-refractivity contribution is 0.165. The van der Waals surface area contributed by atoms with Gasteiger partial charge in [0.2, 0.25) is 10.0 Å². The molecule has 0 aliphatic carbocycles. The van der Waals surface area contributed by atoms with Gasteiger partial charge in [0, 0.05) is 61.1 Å². The average molecular weight is 472 g/mol. The molecule has 2 saturated heterocycles. The van der Waals surface area contributed by atoms with Crippen LogP contribution in [0, 0.1) is 5.92 Å². The molecule has 4 N–H and O–H groups in total. The molecule has 0 bridgehead atoms. The fraction of sp³-hybridized carbons (Fsp3) is 0.500. The summed E-state index contributed by atoms with van der Waals surface area (Å²) in [6, 6.07) is 4.07. The third-order valence-electron chi connectivity index (χ3n) is 6.71. The van der Waals surface area contributed by atoms with Crippen LogP contribution in [0.1, 0.15) is 25.7 Å². The van der Waals surface area contributed by atoms with Crippen molar-refractivity contribution in [2.45, 2.75) is 31.7 Å². The van der Waals surface area contributed by atoms with Crippen molar-refractivity contribution in [3.63, 3.8) is 0 Å². The normalized spacial score (nSPS) is 20.5. The maximum atomic E-state index is 12.8. The zero-order valence-corrected chi connectivity index (χ0v) is 19.2. The van der Waals surface area contributed by atoms with Gasteiger partial charge in [-0.25, -0.2) is 28.3 Å². The van der Waals surface area contributed by atoms with Gasteiger partial charge in [0.1, 0.15) is 0 Å². The van der Waals surface area contributed by atoms with Crippen molar-refractivity contribution in [3.8, 4) is 0 Å². The smallest absolute Gasteiger partial charge is 0.317 e. The minimum Gasteiger partial charge on any atom is -0.371 e. The minimum absolute atomic E-state index is 0.0701. The lowest BCUT2D eigenvalue weighted by Gasteiger charge is -2.37. The van der Waals surface area contributed by atoms with E-state index in [1.165, 1.54) is 0 Å². The largest absolute Gasteiger partial charge is 0.371 e. The van der Waals surface area contributed by atoms with E-state index in [4.69, 9.17) is 5.14 Å². The molecule has 2 aliphatic rings. The summed E-state index contributed by atoms with van der Waals surface area (Å²) < 4.78 is 22.8. The van der Waals surface area contributed by atoms with Crippen molar-refractivity contribution in [1.82, 2.24) is 25.2 Å². The number of hydrogen-bond donors (Lipinski definition) is 3. The SMILES string of the molecule is NS(=O)(=O)CC1CCCN(C(=O)NC2CCN(c3cc[nH]c4cnc5nccc5c34)CC2)C1. The number of aromatic amines is 1. The number of urea groups is 1. The number of anilines is 1. The maximum Gasteiger partial charge on any atom is 0.317 e. The van der Waals surface area contributed by atoms with E-state index in [1.807, 2.05) is 18.5 Å². The Labute approximate surface area is 192 Å². The first-order valence-corrected chi connectivity index (χ1v) is 13.1. The first-order chi connectivity index (χ1) is 15.9. The zero-order valence-electron chi connectivity index (χ0n) is 18.4. The molecule has 0 aromatic carbocycles. The Hall–Kier alpha value is -2.92. The van der Waals surface area contributed by atoms with Crippen molar-refractivity contribution in [2.75, 3.05) is 36.8 Å². The van der Waals surface area contributed by atoms with Gasteiger partial charge in [-0.3, -0.25) is 0 Å². The van der Waals surface area contributed by atoms with Gasteiger partial charge in [0.25, 0.3) is 0 Å². The fourth-order valence-electron chi connectivity index (χ4n) is 5.15. The summed E-state index contributed by atoms with van der Waals surface area (Å²) in [5.74, 6) is -0.166. The number of carbonyl (C=O) groups excluding carboxylic acids is 1. The first-order valence-electron chi connectivity index (χ1n) is 11.4. The number of carbonyl (C=O) groups is 1. The molecule has 3 aromatic rings. The maximum absolute atomic E-state index is 12.8. The summed E-state index contributed by atoms with van der Waals surface area (Å²) in [5, 5.41) is 10.5. The van der Waals surface area contributed by atoms with E-state index in [1.54, 1.807) is 11.1 Å². The van der Waals surface area contributed by atoms with Crippen LogP contribution in [-0.4, -0.2) is 72.3 Å². The van der Waals surface area contributed by atoms with Crippen LogP contribution in [0.5, 0.6) is 0 Å². The van der Waals surface area contributed by atoms with Gasteiger partial charge in [-0.05, 0) is 43.7 Å². The van der Waals surface area contributed by atoms with Crippen LogP contribution in [0.2, 0.25) is 0 Å². The molecule has 0 saturated carbocycles. The second-order valence-corrected chi connectivity index (χ2v) is 10.7. The third kappa shape index (κ3) is 4.74. The molecule has 5 heterocycles. The number of sulfonamides is 1. The number of nitrogens with one attached hydrogen (secondary N) is 2. The van der Waals surface area contributed by atoms with Crippen molar-refractivity contribution in [3.05, 3.63) is 30.7 Å². The predicted molar refractivity (Wildman–Crippen MR) is 127 cm³/mol. The number of hydrogen-bond acceptors (Lipinski definition) is 6. The van der Waals surface area contributed by atoms with E-state index in [0.29, 0.717) is 13.1 Å². The molecule has 1 atom stereocenters. The number of primary sulfonamides is 1. The minimum atomic E-state index is -3.53. The average Bonchev–Trinajstić information content (AvgIpc) is 3.27. The van der Waals surface area contributed by atoms with Gasteiger partial charge in [-0.2, -0.15) is 0 Å². The van der Waals surface area contributed by atoms with Gasteiger partial charge < -0.3 is 20.1 Å². The second kappa shape index (κ2) is 8.79. The van der Waals surface area contributed by atoms with E-state index >= 15 is 0 Å². The highest BCUT2D eigenvalue weighted by Gasteiger charge is 2.29. The lowest BCUT2D eigenvalue weighted by Crippen LogP contribution is -2.52. The summed E-state index contributed by atoms with van der Waals surface area (Å²) in [4.78, 5) is 28.9. The molecule has 0 spiro atoms. The number of piperidine rings is 2. The molecule has 2 fully saturated rings. The molecule has 176 valence electrons. The number of H-pyrrole nitrogens is 1. The van der Waals surface area contributed by atoms with Crippen molar-refractivity contribution in [2.24, 2.45) is 11.1 Å². The van der Waals surface area contributed by atoms with Gasteiger partial charge >= 0.3 is 6.03 Å². The number of pyridine rings is 2. The summed E-state index contributed by atoms with van der Waals surface area (Å²) >= 11 is 0. The number of nitrogens with zero attached hydrogens (tertiary/aromatic N) is 4. The topological polar surface area (TPSA) is 137 Å². The Bertz CT molecular complexity index is 1270.